The van der Waals surface area contributed by atoms with Crippen molar-refractivity contribution in [2.24, 2.45) is 28.2 Å². The average Bonchev–Trinajstić information content (AvgIpc) is 3.04. The van der Waals surface area contributed by atoms with E-state index in [0.717, 1.165) is 30.6 Å². The van der Waals surface area contributed by atoms with E-state index in [2.05, 4.69) is 20.6 Å². The molecule has 1 aliphatic heterocycles. The minimum atomic E-state index is -3.51. The Hall–Kier alpha value is -2.42. The third-order valence-electron chi connectivity index (χ3n) is 8.04. The molecule has 1 heterocycles. The van der Waals surface area contributed by atoms with E-state index in [0.29, 0.717) is 37.2 Å². The largest absolute Gasteiger partial charge is 0.273 e. The second-order valence-electron chi connectivity index (χ2n) is 10.8. The monoisotopic (exact) mass is 486 g/mol. The van der Waals surface area contributed by atoms with Crippen LogP contribution in [0.3, 0.4) is 0 Å². The fraction of sp³-hybridized carbons (Fsp3) is 0.640. The molecule has 184 valence electrons. The highest BCUT2D eigenvalue weighted by Crippen LogP contribution is 2.61. The number of nitrogens with one attached hydrogen (secondary N) is 3. The van der Waals surface area contributed by atoms with E-state index in [1.807, 2.05) is 0 Å². The quantitative estimate of drug-likeness (QED) is 0.387. The molecule has 0 radical (unpaired) electrons. The molecule has 1 aromatic carbocycles. The van der Waals surface area contributed by atoms with E-state index in [9.17, 15) is 18.0 Å². The minimum Gasteiger partial charge on any atom is -0.273 e. The number of hydrogen-bond acceptors (Lipinski definition) is 5. The number of carbonyl (C=O) groups is 2. The number of unbranched alkanes of at least 4 members (excludes halogenated alkanes) is 2. The van der Waals surface area contributed by atoms with Crippen molar-refractivity contribution in [3.8, 4) is 0 Å². The predicted molar refractivity (Wildman–Crippen MR) is 128 cm³/mol. The number of hydrazine groups is 1. The van der Waals surface area contributed by atoms with Gasteiger partial charge in [0, 0.05) is 24.9 Å². The Morgan fingerprint density at radius 3 is 2.29 bits per heavy atom. The van der Waals surface area contributed by atoms with Gasteiger partial charge in [0.15, 0.2) is 0 Å². The Balaban J connectivity index is 0.981. The lowest BCUT2D eigenvalue weighted by atomic mass is 9.49. The molecule has 0 spiro atoms. The first-order valence-electron chi connectivity index (χ1n) is 12.6. The molecule has 4 bridgehead atoms. The third kappa shape index (κ3) is 4.99. The van der Waals surface area contributed by atoms with Crippen LogP contribution in [-0.2, 0) is 19.6 Å². The lowest BCUT2D eigenvalue weighted by molar-refractivity contribution is -0.134. The zero-order valence-electron chi connectivity index (χ0n) is 19.5. The summed E-state index contributed by atoms with van der Waals surface area (Å²) in [4.78, 5) is 29.3. The van der Waals surface area contributed by atoms with E-state index in [4.69, 9.17) is 0 Å². The van der Waals surface area contributed by atoms with Gasteiger partial charge in [0.2, 0.25) is 11.8 Å². The first kappa shape index (κ1) is 23.3. The van der Waals surface area contributed by atoms with Gasteiger partial charge in [0.25, 0.3) is 10.0 Å². The highest BCUT2D eigenvalue weighted by Gasteiger charge is 2.51. The minimum absolute atomic E-state index is 0.0644. The summed E-state index contributed by atoms with van der Waals surface area (Å²) in [5.74, 6) is 2.57. The molecule has 0 unspecified atom stereocenters. The summed E-state index contributed by atoms with van der Waals surface area (Å²) in [5, 5.41) is 0. The molecule has 1 aromatic rings. The molecule has 4 saturated carbocycles. The van der Waals surface area contributed by atoms with Crippen molar-refractivity contribution in [1.82, 2.24) is 15.6 Å². The molecular weight excluding hydrogens is 452 g/mol. The highest BCUT2D eigenvalue weighted by atomic mass is 32.2. The Bertz CT molecular complexity index is 1060. The molecule has 4 fully saturated rings. The van der Waals surface area contributed by atoms with Gasteiger partial charge in [-0.1, -0.05) is 18.6 Å². The standard InChI is InChI=1S/C25H34N4O4S/c30-22(27-28-23(31)16-25-13-17-10-18(14-25)12-19(11-17)15-25)8-2-1-5-9-26-24-20-6-3-4-7-21(20)34(32,33)29-24/h3-4,6-7,17-19H,1-2,5,8-16H2,(H,26,29)(H,27,30)(H,28,31). The van der Waals surface area contributed by atoms with Crippen LogP contribution >= 0.6 is 0 Å². The summed E-state index contributed by atoms with van der Waals surface area (Å²) in [6.07, 6.45) is 10.7. The topological polar surface area (TPSA) is 117 Å². The summed E-state index contributed by atoms with van der Waals surface area (Å²) in [6.45, 7) is 0.482. The van der Waals surface area contributed by atoms with Gasteiger partial charge in [-0.05, 0) is 86.7 Å². The molecule has 5 aliphatic rings. The van der Waals surface area contributed by atoms with Crippen LogP contribution in [0.4, 0.5) is 0 Å². The SMILES string of the molecule is O=C(CCCCCN=C1NS(=O)(=O)c2ccccc21)NNC(=O)CC12CC3CC(CC(C3)C1)C2. The van der Waals surface area contributed by atoms with Crippen LogP contribution in [0.1, 0.15) is 76.2 Å². The molecule has 2 amide bonds. The number of amidine groups is 1. The molecule has 6 rings (SSSR count). The second kappa shape index (κ2) is 9.32. The van der Waals surface area contributed by atoms with Crippen molar-refractivity contribution in [2.45, 2.75) is 75.5 Å². The summed E-state index contributed by atoms with van der Waals surface area (Å²) in [5.41, 5.74) is 5.98. The maximum atomic E-state index is 12.5. The number of carbonyl (C=O) groups excluding carboxylic acids is 2. The van der Waals surface area contributed by atoms with Gasteiger partial charge < -0.3 is 0 Å². The van der Waals surface area contributed by atoms with Crippen molar-refractivity contribution in [2.75, 3.05) is 6.54 Å². The van der Waals surface area contributed by atoms with Gasteiger partial charge >= 0.3 is 0 Å². The van der Waals surface area contributed by atoms with E-state index in [1.54, 1.807) is 24.3 Å². The number of benzene rings is 1. The van der Waals surface area contributed by atoms with E-state index < -0.39 is 10.0 Å². The van der Waals surface area contributed by atoms with Crippen molar-refractivity contribution < 1.29 is 18.0 Å². The molecule has 8 nitrogen and oxygen atoms in total. The maximum absolute atomic E-state index is 12.5. The van der Waals surface area contributed by atoms with Gasteiger partial charge in [-0.25, -0.2) is 8.42 Å². The lowest BCUT2D eigenvalue weighted by Gasteiger charge is -2.56. The molecule has 0 saturated heterocycles. The Labute approximate surface area is 201 Å². The summed E-state index contributed by atoms with van der Waals surface area (Å²) in [6, 6.07) is 6.79. The van der Waals surface area contributed by atoms with Crippen LogP contribution in [0.2, 0.25) is 0 Å². The zero-order chi connectivity index (χ0) is 23.8. The van der Waals surface area contributed by atoms with Crippen molar-refractivity contribution in [3.05, 3.63) is 29.8 Å². The first-order chi connectivity index (χ1) is 16.3. The molecule has 34 heavy (non-hydrogen) atoms. The summed E-state index contributed by atoms with van der Waals surface area (Å²) < 4.78 is 26.7. The van der Waals surface area contributed by atoms with Crippen molar-refractivity contribution >= 4 is 27.7 Å². The normalized spacial score (nSPS) is 31.2. The number of nitrogens with zero attached hydrogens (tertiary/aromatic N) is 1. The Morgan fingerprint density at radius 1 is 0.941 bits per heavy atom. The molecule has 9 heteroatoms. The van der Waals surface area contributed by atoms with Crippen molar-refractivity contribution in [3.63, 3.8) is 0 Å². The van der Waals surface area contributed by atoms with E-state index in [-0.39, 0.29) is 22.1 Å². The summed E-state index contributed by atoms with van der Waals surface area (Å²) >= 11 is 0. The van der Waals surface area contributed by atoms with Gasteiger partial charge in [-0.2, -0.15) is 0 Å². The first-order valence-corrected chi connectivity index (χ1v) is 14.0. The maximum Gasteiger partial charge on any atom is 0.263 e. The van der Waals surface area contributed by atoms with Crippen LogP contribution in [-0.4, -0.2) is 32.6 Å². The van der Waals surface area contributed by atoms with Crippen LogP contribution in [0, 0.1) is 23.2 Å². The number of aliphatic imine (C=N–C) groups is 1. The fourth-order valence-corrected chi connectivity index (χ4v) is 8.36. The van der Waals surface area contributed by atoms with Gasteiger partial charge in [-0.3, -0.25) is 30.2 Å². The van der Waals surface area contributed by atoms with Gasteiger partial charge in [-0.15, -0.1) is 0 Å². The smallest absolute Gasteiger partial charge is 0.263 e. The van der Waals surface area contributed by atoms with E-state index in [1.165, 1.54) is 38.5 Å². The van der Waals surface area contributed by atoms with Crippen LogP contribution < -0.4 is 15.6 Å². The Kier molecular flexibility index (Phi) is 6.39. The number of amides is 2. The van der Waals surface area contributed by atoms with Crippen LogP contribution in [0.5, 0.6) is 0 Å². The molecule has 0 aromatic heterocycles. The predicted octanol–water partition coefficient (Wildman–Crippen LogP) is 3.04. The zero-order valence-corrected chi connectivity index (χ0v) is 20.3. The average molecular weight is 487 g/mol. The van der Waals surface area contributed by atoms with Gasteiger partial charge in [0.05, 0.1) is 4.90 Å². The number of fused-ring (bicyclic) bond motifs is 1. The molecule has 4 aliphatic carbocycles. The molecule has 3 N–H and O–H groups in total. The number of sulfonamides is 1. The highest BCUT2D eigenvalue weighted by molar-refractivity contribution is 7.90. The van der Waals surface area contributed by atoms with Gasteiger partial charge in [0.1, 0.15) is 5.84 Å². The second-order valence-corrected chi connectivity index (χ2v) is 12.5. The summed E-state index contributed by atoms with van der Waals surface area (Å²) in [7, 11) is -3.51. The van der Waals surface area contributed by atoms with Crippen molar-refractivity contribution in [1.29, 1.82) is 0 Å². The fourth-order valence-electron chi connectivity index (χ4n) is 7.11. The lowest BCUT2D eigenvalue weighted by Crippen LogP contribution is -2.50. The third-order valence-corrected chi connectivity index (χ3v) is 9.43. The Morgan fingerprint density at radius 2 is 1.59 bits per heavy atom. The molecule has 0 atom stereocenters. The van der Waals surface area contributed by atoms with Crippen LogP contribution in [0.25, 0.3) is 0 Å². The number of hydrogen-bond donors (Lipinski definition) is 3. The van der Waals surface area contributed by atoms with E-state index >= 15 is 0 Å². The number of rotatable bonds is 8. The molecular formula is C25H34N4O4S. The van der Waals surface area contributed by atoms with Crippen LogP contribution in [0.15, 0.2) is 34.2 Å².